The molecule has 1 N–H and O–H groups in total. The van der Waals surface area contributed by atoms with E-state index in [4.69, 9.17) is 4.74 Å². The summed E-state index contributed by atoms with van der Waals surface area (Å²) in [5, 5.41) is 13.0. The van der Waals surface area contributed by atoms with Gasteiger partial charge in [-0.3, -0.25) is 14.6 Å². The first-order valence-electron chi connectivity index (χ1n) is 9.38. The Morgan fingerprint density at radius 2 is 1.93 bits per heavy atom. The molecule has 3 heterocycles. The summed E-state index contributed by atoms with van der Waals surface area (Å²) in [6.07, 6.45) is 1.65. The van der Waals surface area contributed by atoms with Gasteiger partial charge in [0, 0.05) is 16.6 Å². The van der Waals surface area contributed by atoms with Gasteiger partial charge in [-0.05, 0) is 60.3 Å². The number of ether oxygens (including phenoxy) is 1. The highest BCUT2D eigenvalue weighted by Gasteiger charge is 2.47. The van der Waals surface area contributed by atoms with Crippen LogP contribution in [-0.4, -0.2) is 33.8 Å². The van der Waals surface area contributed by atoms with E-state index < -0.39 is 17.7 Å². The number of carbonyl (C=O) groups excluding carboxylic acids is 2. The Morgan fingerprint density at radius 3 is 2.53 bits per heavy atom. The minimum atomic E-state index is -0.697. The molecule has 0 saturated carbocycles. The van der Waals surface area contributed by atoms with Crippen LogP contribution in [0.25, 0.3) is 5.76 Å². The molecule has 1 aromatic carbocycles. The number of nitrogens with zero attached hydrogens (tertiary/aromatic N) is 2. The number of amides is 1. The molecule has 4 rings (SSSR count). The fourth-order valence-corrected chi connectivity index (χ4v) is 4.60. The number of hydrogen-bond donors (Lipinski definition) is 1. The lowest BCUT2D eigenvalue weighted by Crippen LogP contribution is -2.29. The summed E-state index contributed by atoms with van der Waals surface area (Å²) < 4.78 is 5.16. The van der Waals surface area contributed by atoms with Gasteiger partial charge in [0.1, 0.15) is 17.6 Å². The predicted octanol–water partition coefficient (Wildman–Crippen LogP) is 4.08. The molecule has 0 radical (unpaired) electrons. The number of benzene rings is 1. The minimum absolute atomic E-state index is 0.0895. The molecule has 152 valence electrons. The Morgan fingerprint density at radius 1 is 1.17 bits per heavy atom. The summed E-state index contributed by atoms with van der Waals surface area (Å²) in [5.74, 6) is -0.907. The second kappa shape index (κ2) is 8.12. The topological polar surface area (TPSA) is 79.7 Å². The first kappa shape index (κ1) is 19.8. The molecular formula is C23H20N2O4S. The van der Waals surface area contributed by atoms with Crippen molar-refractivity contribution >= 4 is 28.8 Å². The zero-order chi connectivity index (χ0) is 21.3. The van der Waals surface area contributed by atoms with Crippen molar-refractivity contribution in [3.63, 3.8) is 0 Å². The van der Waals surface area contributed by atoms with Gasteiger partial charge in [0.25, 0.3) is 11.7 Å². The SMILES string of the molecule is COc1ccc(/C(O)=C2/C(=O)C(=O)N(Cc3ccccn3)C2c2sccc2C)cc1. The molecule has 0 aliphatic carbocycles. The molecule has 7 heteroatoms. The highest BCUT2D eigenvalue weighted by atomic mass is 32.1. The van der Waals surface area contributed by atoms with Gasteiger partial charge in [-0.15, -0.1) is 11.3 Å². The van der Waals surface area contributed by atoms with Gasteiger partial charge >= 0.3 is 0 Å². The van der Waals surface area contributed by atoms with Gasteiger partial charge in [-0.2, -0.15) is 0 Å². The number of ketones is 1. The van der Waals surface area contributed by atoms with Crippen LogP contribution in [0.3, 0.4) is 0 Å². The van der Waals surface area contributed by atoms with E-state index >= 15 is 0 Å². The van der Waals surface area contributed by atoms with Crippen molar-refractivity contribution in [1.82, 2.24) is 9.88 Å². The van der Waals surface area contributed by atoms with E-state index in [1.165, 1.54) is 16.2 Å². The average Bonchev–Trinajstić information content (AvgIpc) is 3.30. The minimum Gasteiger partial charge on any atom is -0.507 e. The predicted molar refractivity (Wildman–Crippen MR) is 114 cm³/mol. The van der Waals surface area contributed by atoms with E-state index in [-0.39, 0.29) is 17.9 Å². The Labute approximate surface area is 178 Å². The zero-order valence-electron chi connectivity index (χ0n) is 16.5. The van der Waals surface area contributed by atoms with Gasteiger partial charge in [-0.1, -0.05) is 6.07 Å². The second-order valence-corrected chi connectivity index (χ2v) is 7.89. The molecular weight excluding hydrogens is 400 g/mol. The molecule has 1 saturated heterocycles. The first-order valence-corrected chi connectivity index (χ1v) is 10.3. The lowest BCUT2D eigenvalue weighted by Gasteiger charge is -2.24. The molecule has 1 fully saturated rings. The summed E-state index contributed by atoms with van der Waals surface area (Å²) in [6, 6.07) is 13.4. The normalized spacial score (nSPS) is 18.1. The molecule has 1 amide bonds. The van der Waals surface area contributed by atoms with Crippen molar-refractivity contribution < 1.29 is 19.4 Å². The van der Waals surface area contributed by atoms with Gasteiger partial charge in [0.05, 0.1) is 24.9 Å². The number of carbonyl (C=O) groups is 2. The number of pyridine rings is 1. The van der Waals surface area contributed by atoms with Gasteiger partial charge < -0.3 is 14.7 Å². The summed E-state index contributed by atoms with van der Waals surface area (Å²) in [4.78, 5) is 32.6. The number of aliphatic hydroxyl groups excluding tert-OH is 1. The molecule has 2 aromatic heterocycles. The van der Waals surface area contributed by atoms with Gasteiger partial charge in [0.2, 0.25) is 0 Å². The molecule has 6 nitrogen and oxygen atoms in total. The number of aromatic nitrogens is 1. The van der Waals surface area contributed by atoms with Gasteiger partial charge in [-0.25, -0.2) is 0 Å². The first-order chi connectivity index (χ1) is 14.5. The number of likely N-dealkylation sites (tertiary alicyclic amines) is 1. The van der Waals surface area contributed by atoms with Crippen molar-refractivity contribution in [1.29, 1.82) is 0 Å². The van der Waals surface area contributed by atoms with Crippen LogP contribution in [0, 0.1) is 6.92 Å². The van der Waals surface area contributed by atoms with Crippen molar-refractivity contribution in [3.05, 3.63) is 87.4 Å². The highest BCUT2D eigenvalue weighted by Crippen LogP contribution is 2.43. The van der Waals surface area contributed by atoms with E-state index in [1.54, 1.807) is 49.7 Å². The lowest BCUT2D eigenvalue weighted by atomic mass is 9.98. The number of methoxy groups -OCH3 is 1. The lowest BCUT2D eigenvalue weighted by molar-refractivity contribution is -0.140. The summed E-state index contributed by atoms with van der Waals surface area (Å²) >= 11 is 1.46. The van der Waals surface area contributed by atoms with Crippen LogP contribution in [0.5, 0.6) is 5.75 Å². The van der Waals surface area contributed by atoms with Crippen molar-refractivity contribution in [3.8, 4) is 5.75 Å². The number of rotatable bonds is 5. The van der Waals surface area contributed by atoms with E-state index in [9.17, 15) is 14.7 Å². The maximum atomic E-state index is 13.0. The molecule has 1 atom stereocenters. The third kappa shape index (κ3) is 3.48. The quantitative estimate of drug-likeness (QED) is 0.382. The highest BCUT2D eigenvalue weighted by molar-refractivity contribution is 7.10. The Kier molecular flexibility index (Phi) is 5.37. The molecule has 30 heavy (non-hydrogen) atoms. The summed E-state index contributed by atoms with van der Waals surface area (Å²) in [6.45, 7) is 2.10. The van der Waals surface area contributed by atoms with Crippen molar-refractivity contribution in [2.75, 3.05) is 7.11 Å². The van der Waals surface area contributed by atoms with E-state index in [0.717, 1.165) is 10.4 Å². The van der Waals surface area contributed by atoms with Crippen LogP contribution in [-0.2, 0) is 16.1 Å². The van der Waals surface area contributed by atoms with Crippen LogP contribution in [0.15, 0.2) is 65.7 Å². The average molecular weight is 420 g/mol. The zero-order valence-corrected chi connectivity index (χ0v) is 17.3. The number of aliphatic hydroxyl groups is 1. The van der Waals surface area contributed by atoms with Crippen LogP contribution < -0.4 is 4.74 Å². The molecule has 0 spiro atoms. The standard InChI is InChI=1S/C23H20N2O4S/c1-14-10-12-30-22(14)19-18(20(26)15-6-8-17(29-2)9-7-15)21(27)23(28)25(19)13-16-5-3-4-11-24-16/h3-12,19,26H,13H2,1-2H3/b20-18-. The summed E-state index contributed by atoms with van der Waals surface area (Å²) in [5.41, 5.74) is 2.17. The Hall–Kier alpha value is -3.45. The Bertz CT molecular complexity index is 1120. The number of thiophene rings is 1. The molecule has 1 unspecified atom stereocenters. The van der Waals surface area contributed by atoms with E-state index in [1.807, 2.05) is 24.4 Å². The number of hydrogen-bond acceptors (Lipinski definition) is 6. The van der Waals surface area contributed by atoms with Crippen LogP contribution in [0.2, 0.25) is 0 Å². The van der Waals surface area contributed by atoms with Crippen molar-refractivity contribution in [2.45, 2.75) is 19.5 Å². The van der Waals surface area contributed by atoms with E-state index in [0.29, 0.717) is 17.0 Å². The smallest absolute Gasteiger partial charge is 0.296 e. The fourth-order valence-electron chi connectivity index (χ4n) is 3.55. The maximum absolute atomic E-state index is 13.0. The van der Waals surface area contributed by atoms with Crippen LogP contribution in [0.4, 0.5) is 0 Å². The molecule has 1 aliphatic heterocycles. The second-order valence-electron chi connectivity index (χ2n) is 6.94. The third-order valence-electron chi connectivity index (χ3n) is 5.11. The molecule has 1 aliphatic rings. The van der Waals surface area contributed by atoms with Crippen LogP contribution in [0.1, 0.15) is 27.7 Å². The van der Waals surface area contributed by atoms with E-state index in [2.05, 4.69) is 4.98 Å². The van der Waals surface area contributed by atoms with Crippen LogP contribution >= 0.6 is 11.3 Å². The fraction of sp³-hybridized carbons (Fsp3) is 0.174. The third-order valence-corrected chi connectivity index (χ3v) is 6.18. The summed E-state index contributed by atoms with van der Waals surface area (Å²) in [7, 11) is 1.55. The molecule has 3 aromatic rings. The largest absolute Gasteiger partial charge is 0.507 e. The number of Topliss-reactive ketones (excluding diaryl/α,β-unsaturated/α-hetero) is 1. The molecule has 0 bridgehead atoms. The van der Waals surface area contributed by atoms with Gasteiger partial charge in [0.15, 0.2) is 0 Å². The Balaban J connectivity index is 1.84. The maximum Gasteiger partial charge on any atom is 0.296 e. The number of aryl methyl sites for hydroxylation is 1. The monoisotopic (exact) mass is 420 g/mol. The van der Waals surface area contributed by atoms with Crippen molar-refractivity contribution in [2.24, 2.45) is 0 Å².